The van der Waals surface area contributed by atoms with Gasteiger partial charge >= 0.3 is 0 Å². The first-order chi connectivity index (χ1) is 17.0. The number of benzene rings is 2. The van der Waals surface area contributed by atoms with E-state index < -0.39 is 0 Å². The number of amides is 2. The summed E-state index contributed by atoms with van der Waals surface area (Å²) in [6.45, 7) is 3.78. The van der Waals surface area contributed by atoms with Gasteiger partial charge in [0, 0.05) is 30.2 Å². The lowest BCUT2D eigenvalue weighted by molar-refractivity contribution is -0.117. The molecule has 10 nitrogen and oxygen atoms in total. The highest BCUT2D eigenvalue weighted by Gasteiger charge is 2.16. The molecule has 11 heteroatoms. The molecule has 0 unspecified atom stereocenters. The van der Waals surface area contributed by atoms with Gasteiger partial charge in [-0.15, -0.1) is 10.2 Å². The van der Waals surface area contributed by atoms with E-state index in [9.17, 15) is 9.59 Å². The van der Waals surface area contributed by atoms with Crippen molar-refractivity contribution >= 4 is 40.2 Å². The SMILES string of the molecule is COc1ccc(NC(=O)c2nnc(CN(C)CC(=O)Nc3ccc(N4CCOCC4)cc3)s2)cc1. The van der Waals surface area contributed by atoms with E-state index in [1.807, 2.05) is 36.2 Å². The van der Waals surface area contributed by atoms with E-state index in [0.717, 1.165) is 37.7 Å². The Bertz CT molecular complexity index is 1130. The molecule has 0 spiro atoms. The zero-order valence-electron chi connectivity index (χ0n) is 19.7. The third-order valence-electron chi connectivity index (χ3n) is 5.35. The summed E-state index contributed by atoms with van der Waals surface area (Å²) in [4.78, 5) is 29.0. The third-order valence-corrected chi connectivity index (χ3v) is 6.26. The minimum atomic E-state index is -0.333. The number of hydrogen-bond acceptors (Lipinski definition) is 9. The van der Waals surface area contributed by atoms with Crippen LogP contribution >= 0.6 is 11.3 Å². The molecule has 3 aromatic rings. The minimum Gasteiger partial charge on any atom is -0.497 e. The van der Waals surface area contributed by atoms with Crippen molar-refractivity contribution in [1.29, 1.82) is 0 Å². The number of aromatic nitrogens is 2. The number of ether oxygens (including phenoxy) is 2. The Morgan fingerprint density at radius 1 is 1.03 bits per heavy atom. The Labute approximate surface area is 207 Å². The summed E-state index contributed by atoms with van der Waals surface area (Å²) < 4.78 is 10.5. The highest BCUT2D eigenvalue weighted by atomic mass is 32.1. The molecule has 1 aromatic heterocycles. The van der Waals surface area contributed by atoms with Crippen molar-refractivity contribution in [2.75, 3.05) is 62.5 Å². The minimum absolute atomic E-state index is 0.131. The van der Waals surface area contributed by atoms with Gasteiger partial charge < -0.3 is 25.0 Å². The Balaban J connectivity index is 1.24. The number of morpholine rings is 1. The summed E-state index contributed by atoms with van der Waals surface area (Å²) in [5.74, 6) is 0.242. The molecule has 0 aliphatic carbocycles. The van der Waals surface area contributed by atoms with E-state index in [1.165, 1.54) is 11.3 Å². The highest BCUT2D eigenvalue weighted by Crippen LogP contribution is 2.20. The first kappa shape index (κ1) is 24.6. The van der Waals surface area contributed by atoms with Crippen molar-refractivity contribution in [2.45, 2.75) is 6.54 Å². The fraction of sp³-hybridized carbons (Fsp3) is 0.333. The van der Waals surface area contributed by atoms with Crippen LogP contribution in [0.2, 0.25) is 0 Å². The number of carbonyl (C=O) groups is 2. The zero-order chi connectivity index (χ0) is 24.6. The molecule has 184 valence electrons. The summed E-state index contributed by atoms with van der Waals surface area (Å²) in [6, 6.07) is 14.8. The van der Waals surface area contributed by atoms with Crippen LogP contribution in [0.4, 0.5) is 17.1 Å². The van der Waals surface area contributed by atoms with Crippen molar-refractivity contribution in [3.63, 3.8) is 0 Å². The average Bonchev–Trinajstić information content (AvgIpc) is 3.34. The lowest BCUT2D eigenvalue weighted by Crippen LogP contribution is -2.36. The van der Waals surface area contributed by atoms with E-state index in [1.54, 1.807) is 31.4 Å². The number of nitrogens with zero attached hydrogens (tertiary/aromatic N) is 4. The number of rotatable bonds is 9. The van der Waals surface area contributed by atoms with E-state index in [0.29, 0.717) is 23.0 Å². The maximum atomic E-state index is 12.5. The van der Waals surface area contributed by atoms with Crippen LogP contribution in [0, 0.1) is 0 Å². The molecule has 1 fully saturated rings. The van der Waals surface area contributed by atoms with E-state index >= 15 is 0 Å². The van der Waals surface area contributed by atoms with Gasteiger partial charge in [-0.3, -0.25) is 14.5 Å². The van der Waals surface area contributed by atoms with Crippen molar-refractivity contribution < 1.29 is 19.1 Å². The first-order valence-corrected chi connectivity index (χ1v) is 12.0. The van der Waals surface area contributed by atoms with E-state index in [-0.39, 0.29) is 23.4 Å². The fourth-order valence-electron chi connectivity index (χ4n) is 3.58. The molecule has 0 atom stereocenters. The lowest BCUT2D eigenvalue weighted by Gasteiger charge is -2.28. The Morgan fingerprint density at radius 3 is 2.37 bits per heavy atom. The molecule has 1 saturated heterocycles. The molecule has 2 N–H and O–H groups in total. The molecule has 0 bridgehead atoms. The van der Waals surface area contributed by atoms with Gasteiger partial charge in [0.15, 0.2) is 0 Å². The van der Waals surface area contributed by atoms with Crippen molar-refractivity contribution in [1.82, 2.24) is 15.1 Å². The van der Waals surface area contributed by atoms with Crippen LogP contribution < -0.4 is 20.3 Å². The zero-order valence-corrected chi connectivity index (χ0v) is 20.5. The summed E-state index contributed by atoms with van der Waals surface area (Å²) in [7, 11) is 3.40. The van der Waals surface area contributed by atoms with Crippen LogP contribution in [0.3, 0.4) is 0 Å². The van der Waals surface area contributed by atoms with Crippen LogP contribution in [0.1, 0.15) is 14.8 Å². The quantitative estimate of drug-likeness (QED) is 0.466. The second-order valence-corrected chi connectivity index (χ2v) is 9.11. The summed E-state index contributed by atoms with van der Waals surface area (Å²) >= 11 is 1.20. The number of likely N-dealkylation sites (N-methyl/N-ethyl adjacent to an activating group) is 1. The average molecular weight is 497 g/mol. The topological polar surface area (TPSA) is 109 Å². The standard InChI is InChI=1S/C24H28N6O4S/c1-29(15-21(31)25-17-3-7-19(8-4-17)30-11-13-34-14-12-30)16-22-27-28-24(35-22)23(32)26-18-5-9-20(33-2)10-6-18/h3-10H,11-16H2,1-2H3,(H,25,31)(H,26,32). The Hall–Kier alpha value is -3.54. The number of hydrogen-bond donors (Lipinski definition) is 2. The van der Waals surface area contributed by atoms with Crippen LogP contribution in [0.5, 0.6) is 5.75 Å². The highest BCUT2D eigenvalue weighted by molar-refractivity contribution is 7.13. The molecular formula is C24H28N6O4S. The lowest BCUT2D eigenvalue weighted by atomic mass is 10.2. The fourth-order valence-corrected chi connectivity index (χ4v) is 4.39. The molecule has 2 aromatic carbocycles. The molecule has 2 amide bonds. The van der Waals surface area contributed by atoms with Gasteiger partial charge in [-0.25, -0.2) is 0 Å². The van der Waals surface area contributed by atoms with Crippen molar-refractivity contribution in [2.24, 2.45) is 0 Å². The van der Waals surface area contributed by atoms with Gasteiger partial charge in [-0.2, -0.15) is 0 Å². The van der Waals surface area contributed by atoms with Gasteiger partial charge in [-0.05, 0) is 55.6 Å². The molecule has 35 heavy (non-hydrogen) atoms. The van der Waals surface area contributed by atoms with Gasteiger partial charge in [0.1, 0.15) is 10.8 Å². The predicted octanol–water partition coefficient (Wildman–Crippen LogP) is 2.71. The Kier molecular flexibility index (Phi) is 8.24. The molecule has 2 heterocycles. The molecule has 4 rings (SSSR count). The second-order valence-electron chi connectivity index (χ2n) is 8.05. The molecule has 1 aliphatic rings. The number of anilines is 3. The predicted molar refractivity (Wildman–Crippen MR) is 135 cm³/mol. The van der Waals surface area contributed by atoms with Crippen LogP contribution in [0.15, 0.2) is 48.5 Å². The maximum Gasteiger partial charge on any atom is 0.286 e. The number of carbonyl (C=O) groups excluding carboxylic acids is 2. The first-order valence-electron chi connectivity index (χ1n) is 11.2. The smallest absolute Gasteiger partial charge is 0.286 e. The van der Waals surface area contributed by atoms with Crippen LogP contribution in [0.25, 0.3) is 0 Å². The summed E-state index contributed by atoms with van der Waals surface area (Å²) in [6.07, 6.45) is 0. The monoisotopic (exact) mass is 496 g/mol. The van der Waals surface area contributed by atoms with Gasteiger partial charge in [0.2, 0.25) is 10.9 Å². The normalized spacial score (nSPS) is 13.5. The van der Waals surface area contributed by atoms with Gasteiger partial charge in [0.25, 0.3) is 5.91 Å². The largest absolute Gasteiger partial charge is 0.497 e. The third kappa shape index (κ3) is 6.98. The molecule has 1 aliphatic heterocycles. The van der Waals surface area contributed by atoms with E-state index in [4.69, 9.17) is 9.47 Å². The van der Waals surface area contributed by atoms with Crippen LogP contribution in [-0.2, 0) is 16.1 Å². The maximum absolute atomic E-state index is 12.5. The van der Waals surface area contributed by atoms with Gasteiger partial charge in [-0.1, -0.05) is 11.3 Å². The molecule has 0 saturated carbocycles. The van der Waals surface area contributed by atoms with Crippen molar-refractivity contribution in [3.8, 4) is 5.75 Å². The van der Waals surface area contributed by atoms with Gasteiger partial charge in [0.05, 0.1) is 33.4 Å². The van der Waals surface area contributed by atoms with Crippen molar-refractivity contribution in [3.05, 3.63) is 58.5 Å². The molecule has 0 radical (unpaired) electrons. The number of nitrogens with one attached hydrogen (secondary N) is 2. The second kappa shape index (κ2) is 11.7. The number of methoxy groups -OCH3 is 1. The van der Waals surface area contributed by atoms with E-state index in [2.05, 4.69) is 25.7 Å². The Morgan fingerprint density at radius 2 is 1.69 bits per heavy atom. The summed E-state index contributed by atoms with van der Waals surface area (Å²) in [5.41, 5.74) is 2.50. The van der Waals surface area contributed by atoms with Crippen LogP contribution in [-0.4, -0.2) is 73.9 Å². The molecular weight excluding hydrogens is 468 g/mol. The summed E-state index contributed by atoms with van der Waals surface area (Å²) in [5, 5.41) is 14.7.